The fraction of sp³-hybridized carbons (Fsp3) is 0.556. The van der Waals surface area contributed by atoms with Crippen LogP contribution in [0.1, 0.15) is 20.8 Å². The molecule has 0 radical (unpaired) electrons. The standard InChI is InChI=1S/C18H31N5O5S/c1-5-19-15-9-8-14(29(26,27)23(6-2)7-3)12-16(15)21-13-17(24)22-18(25)20-10-11-28-4/h8-9,12,19,21H,5-7,10-11,13H2,1-4H3,(H2,20,22,24,25). The molecule has 1 rings (SSSR count). The highest BCUT2D eigenvalue weighted by molar-refractivity contribution is 7.89. The van der Waals surface area contributed by atoms with Crippen LogP contribution in [0.25, 0.3) is 0 Å². The molecule has 29 heavy (non-hydrogen) atoms. The number of carbonyl (C=O) groups is 2. The number of hydrogen-bond acceptors (Lipinski definition) is 7. The molecule has 0 saturated heterocycles. The zero-order chi connectivity index (χ0) is 21.9. The number of hydrogen-bond donors (Lipinski definition) is 4. The summed E-state index contributed by atoms with van der Waals surface area (Å²) < 4.78 is 31.7. The average Bonchev–Trinajstić information content (AvgIpc) is 2.68. The first-order valence-corrected chi connectivity index (χ1v) is 10.9. The fourth-order valence-electron chi connectivity index (χ4n) is 2.54. The van der Waals surface area contributed by atoms with Crippen LogP contribution in [-0.4, -0.2) is 71.1 Å². The third kappa shape index (κ3) is 7.52. The second-order valence-electron chi connectivity index (χ2n) is 5.98. The Hall–Kier alpha value is -2.37. The maximum atomic E-state index is 12.8. The van der Waals surface area contributed by atoms with Gasteiger partial charge in [-0.05, 0) is 25.1 Å². The number of benzene rings is 1. The Balaban J connectivity index is 2.90. The minimum Gasteiger partial charge on any atom is -0.384 e. The molecule has 4 N–H and O–H groups in total. The zero-order valence-corrected chi connectivity index (χ0v) is 18.2. The minimum atomic E-state index is -3.64. The molecule has 0 atom stereocenters. The molecule has 0 heterocycles. The van der Waals surface area contributed by atoms with E-state index >= 15 is 0 Å². The average molecular weight is 430 g/mol. The van der Waals surface area contributed by atoms with Crippen molar-refractivity contribution in [1.29, 1.82) is 0 Å². The molecule has 0 bridgehead atoms. The van der Waals surface area contributed by atoms with Crippen molar-refractivity contribution >= 4 is 33.3 Å². The molecule has 11 heteroatoms. The van der Waals surface area contributed by atoms with Crippen molar-refractivity contribution in [2.24, 2.45) is 0 Å². The SMILES string of the molecule is CCNc1ccc(S(=O)(=O)N(CC)CC)cc1NCC(=O)NC(=O)NCCOC. The number of carbonyl (C=O) groups excluding carboxylic acids is 2. The van der Waals surface area contributed by atoms with Crippen molar-refractivity contribution < 1.29 is 22.7 Å². The number of sulfonamides is 1. The van der Waals surface area contributed by atoms with Crippen LogP contribution >= 0.6 is 0 Å². The van der Waals surface area contributed by atoms with E-state index in [1.54, 1.807) is 19.9 Å². The van der Waals surface area contributed by atoms with Gasteiger partial charge in [-0.25, -0.2) is 13.2 Å². The number of imide groups is 1. The monoisotopic (exact) mass is 429 g/mol. The van der Waals surface area contributed by atoms with Crippen molar-refractivity contribution in [3.8, 4) is 0 Å². The molecular weight excluding hydrogens is 398 g/mol. The largest absolute Gasteiger partial charge is 0.384 e. The lowest BCUT2D eigenvalue weighted by Gasteiger charge is -2.20. The third-order valence-corrected chi connectivity index (χ3v) is 6.03. The summed E-state index contributed by atoms with van der Waals surface area (Å²) in [6.45, 7) is 7.19. The molecule has 0 fully saturated rings. The topological polar surface area (TPSA) is 129 Å². The summed E-state index contributed by atoms with van der Waals surface area (Å²) in [6, 6.07) is 4.04. The Morgan fingerprint density at radius 1 is 1.07 bits per heavy atom. The fourth-order valence-corrected chi connectivity index (χ4v) is 4.03. The molecule has 3 amide bonds. The summed E-state index contributed by atoms with van der Waals surface area (Å²) in [5.41, 5.74) is 1.11. The Labute approximate surface area is 172 Å². The van der Waals surface area contributed by atoms with Gasteiger partial charge in [0.1, 0.15) is 0 Å². The Kier molecular flexibility index (Phi) is 10.4. The van der Waals surface area contributed by atoms with Crippen LogP contribution in [0.15, 0.2) is 23.1 Å². The van der Waals surface area contributed by atoms with Gasteiger partial charge < -0.3 is 20.7 Å². The van der Waals surface area contributed by atoms with Gasteiger partial charge in [-0.1, -0.05) is 13.8 Å². The van der Waals surface area contributed by atoms with Gasteiger partial charge in [0.15, 0.2) is 0 Å². The first-order chi connectivity index (χ1) is 13.8. The number of anilines is 2. The van der Waals surface area contributed by atoms with E-state index in [0.717, 1.165) is 0 Å². The van der Waals surface area contributed by atoms with Crippen molar-refractivity contribution in [1.82, 2.24) is 14.9 Å². The Morgan fingerprint density at radius 2 is 1.76 bits per heavy atom. The Bertz CT molecular complexity index is 781. The molecule has 10 nitrogen and oxygen atoms in total. The third-order valence-electron chi connectivity index (χ3n) is 3.99. The van der Waals surface area contributed by atoms with Crippen LogP contribution in [0.2, 0.25) is 0 Å². The van der Waals surface area contributed by atoms with Gasteiger partial charge >= 0.3 is 6.03 Å². The molecule has 1 aromatic rings. The van der Waals surface area contributed by atoms with E-state index in [9.17, 15) is 18.0 Å². The molecule has 0 aliphatic carbocycles. The number of amides is 3. The summed E-state index contributed by atoms with van der Waals surface area (Å²) in [5, 5.41) is 10.7. The molecule has 0 unspecified atom stereocenters. The number of methoxy groups -OCH3 is 1. The van der Waals surface area contributed by atoms with Crippen molar-refractivity contribution in [2.45, 2.75) is 25.7 Å². The van der Waals surface area contributed by atoms with Crippen molar-refractivity contribution in [3.05, 3.63) is 18.2 Å². The highest BCUT2D eigenvalue weighted by atomic mass is 32.2. The van der Waals surface area contributed by atoms with E-state index < -0.39 is 22.0 Å². The van der Waals surface area contributed by atoms with Crippen molar-refractivity contribution in [3.63, 3.8) is 0 Å². The smallest absolute Gasteiger partial charge is 0.321 e. The van der Waals surface area contributed by atoms with Crippen LogP contribution in [0, 0.1) is 0 Å². The van der Waals surface area contributed by atoms with E-state index in [1.807, 2.05) is 6.92 Å². The molecule has 0 aliphatic heterocycles. The van der Waals surface area contributed by atoms with Gasteiger partial charge in [-0.15, -0.1) is 0 Å². The summed E-state index contributed by atoms with van der Waals surface area (Å²) in [4.78, 5) is 23.7. The molecule has 1 aromatic carbocycles. The number of nitrogens with one attached hydrogen (secondary N) is 4. The van der Waals surface area contributed by atoms with Gasteiger partial charge in [0.25, 0.3) is 0 Å². The lowest BCUT2D eigenvalue weighted by molar-refractivity contribution is -0.118. The summed E-state index contributed by atoms with van der Waals surface area (Å²) >= 11 is 0. The number of ether oxygens (including phenoxy) is 1. The summed E-state index contributed by atoms with van der Waals surface area (Å²) in [5.74, 6) is -0.556. The molecule has 0 spiro atoms. The number of rotatable bonds is 12. The van der Waals surface area contributed by atoms with Gasteiger partial charge in [-0.2, -0.15) is 4.31 Å². The van der Waals surface area contributed by atoms with Crippen LogP contribution in [0.5, 0.6) is 0 Å². The van der Waals surface area contributed by atoms with Crippen molar-refractivity contribution in [2.75, 3.05) is 57.1 Å². The second-order valence-corrected chi connectivity index (χ2v) is 7.92. The van der Waals surface area contributed by atoms with Gasteiger partial charge in [0.2, 0.25) is 15.9 Å². The molecule has 0 saturated carbocycles. The number of urea groups is 1. The first-order valence-electron chi connectivity index (χ1n) is 9.48. The summed E-state index contributed by atoms with van der Waals surface area (Å²) in [7, 11) is -2.13. The zero-order valence-electron chi connectivity index (χ0n) is 17.4. The lowest BCUT2D eigenvalue weighted by Crippen LogP contribution is -2.43. The first kappa shape index (κ1) is 24.7. The summed E-state index contributed by atoms with van der Waals surface area (Å²) in [6.07, 6.45) is 0. The minimum absolute atomic E-state index is 0.128. The van der Waals surface area contributed by atoms with Gasteiger partial charge in [0.05, 0.1) is 29.4 Å². The van der Waals surface area contributed by atoms with Gasteiger partial charge in [0, 0.05) is 33.3 Å². The van der Waals surface area contributed by atoms with E-state index in [2.05, 4.69) is 21.3 Å². The lowest BCUT2D eigenvalue weighted by atomic mass is 10.2. The van der Waals surface area contributed by atoms with Crippen LogP contribution < -0.4 is 21.3 Å². The predicted molar refractivity (Wildman–Crippen MR) is 113 cm³/mol. The van der Waals surface area contributed by atoms with Crippen LogP contribution in [-0.2, 0) is 19.6 Å². The van der Waals surface area contributed by atoms with E-state index in [4.69, 9.17) is 4.74 Å². The predicted octanol–water partition coefficient (Wildman–Crippen LogP) is 1.03. The maximum Gasteiger partial charge on any atom is 0.321 e. The quantitative estimate of drug-likeness (QED) is 0.365. The molecule has 0 aliphatic rings. The van der Waals surface area contributed by atoms with E-state index in [-0.39, 0.29) is 18.0 Å². The molecular formula is C18H31N5O5S. The van der Waals surface area contributed by atoms with E-state index in [1.165, 1.54) is 23.5 Å². The van der Waals surface area contributed by atoms with Crippen LogP contribution in [0.4, 0.5) is 16.2 Å². The Morgan fingerprint density at radius 3 is 2.34 bits per heavy atom. The maximum absolute atomic E-state index is 12.8. The van der Waals surface area contributed by atoms with Gasteiger partial charge in [-0.3, -0.25) is 10.1 Å². The molecule has 164 valence electrons. The van der Waals surface area contributed by atoms with Crippen LogP contribution in [0.3, 0.4) is 0 Å². The second kappa shape index (κ2) is 12.2. The number of nitrogens with zero attached hydrogens (tertiary/aromatic N) is 1. The highest BCUT2D eigenvalue weighted by Crippen LogP contribution is 2.27. The van der Waals surface area contributed by atoms with E-state index in [0.29, 0.717) is 37.6 Å². The molecule has 0 aromatic heterocycles. The highest BCUT2D eigenvalue weighted by Gasteiger charge is 2.22. The normalized spacial score (nSPS) is 11.2.